The van der Waals surface area contributed by atoms with Crippen LogP contribution in [0.5, 0.6) is 0 Å². The molecule has 14 heavy (non-hydrogen) atoms. The van der Waals surface area contributed by atoms with Crippen LogP contribution in [0.4, 0.5) is 4.79 Å². The molecule has 3 N–H and O–H groups in total. The number of carbonyl (C=O) groups excluding carboxylic acids is 1. The average molecular weight is 196 g/mol. The number of rotatable bonds is 0. The number of likely N-dealkylation sites (N-methyl/N-ethyl adjacent to an activating group) is 1. The highest BCUT2D eigenvalue weighted by molar-refractivity contribution is 6.05. The van der Waals surface area contributed by atoms with Gasteiger partial charge in [0.05, 0.1) is 0 Å². The van der Waals surface area contributed by atoms with Crippen molar-refractivity contribution in [2.75, 3.05) is 13.6 Å². The van der Waals surface area contributed by atoms with Gasteiger partial charge in [0.15, 0.2) is 0 Å². The first kappa shape index (κ1) is 9.45. The average Bonchev–Trinajstić information content (AvgIpc) is 2.36. The Hall–Kier alpha value is -1.10. The van der Waals surface area contributed by atoms with E-state index < -0.39 is 0 Å². The molecule has 2 amide bonds. The van der Waals surface area contributed by atoms with Crippen LogP contribution in [0.25, 0.3) is 0 Å². The number of nitrogens with two attached hydrogens (primary N) is 1. The van der Waals surface area contributed by atoms with Crippen molar-refractivity contribution in [3.8, 4) is 0 Å². The Morgan fingerprint density at radius 2 is 2.43 bits per heavy atom. The summed E-state index contributed by atoms with van der Waals surface area (Å²) in [5, 5.41) is 3.34. The monoisotopic (exact) mass is 196 g/mol. The molecule has 2 rings (SSSR count). The zero-order valence-electron chi connectivity index (χ0n) is 8.58. The van der Waals surface area contributed by atoms with Gasteiger partial charge in [0.2, 0.25) is 0 Å². The van der Waals surface area contributed by atoms with E-state index in [1.165, 1.54) is 0 Å². The minimum Gasteiger partial charge on any atom is -0.385 e. The van der Waals surface area contributed by atoms with Crippen molar-refractivity contribution in [1.29, 1.82) is 0 Å². The fourth-order valence-corrected chi connectivity index (χ4v) is 2.13. The maximum Gasteiger partial charge on any atom is 0.345 e. The Morgan fingerprint density at radius 3 is 2.86 bits per heavy atom. The molecule has 2 aliphatic rings. The SMILES string of the molecule is CC1CCC2(CN1)C(N)=NC(=O)N2C. The molecule has 1 saturated heterocycles. The Kier molecular flexibility index (Phi) is 1.99. The normalized spacial score (nSPS) is 37.9. The van der Waals surface area contributed by atoms with Crippen molar-refractivity contribution in [3.63, 3.8) is 0 Å². The Balaban J connectivity index is 2.24. The van der Waals surface area contributed by atoms with Crippen LogP contribution in [0.1, 0.15) is 19.8 Å². The first-order valence-electron chi connectivity index (χ1n) is 4.92. The molecule has 0 saturated carbocycles. The predicted molar refractivity (Wildman–Crippen MR) is 54.2 cm³/mol. The molecule has 0 aromatic carbocycles. The number of hydrogen-bond acceptors (Lipinski definition) is 3. The summed E-state index contributed by atoms with van der Waals surface area (Å²) >= 11 is 0. The number of nitrogens with one attached hydrogen (secondary N) is 1. The molecular formula is C9H16N4O. The molecular weight excluding hydrogens is 180 g/mol. The third-order valence-corrected chi connectivity index (χ3v) is 3.36. The van der Waals surface area contributed by atoms with Crippen LogP contribution in [-0.4, -0.2) is 41.9 Å². The first-order chi connectivity index (χ1) is 6.56. The number of urea groups is 1. The van der Waals surface area contributed by atoms with Crippen molar-refractivity contribution < 1.29 is 4.79 Å². The molecule has 2 unspecified atom stereocenters. The van der Waals surface area contributed by atoms with Crippen molar-refractivity contribution >= 4 is 11.9 Å². The fourth-order valence-electron chi connectivity index (χ4n) is 2.13. The molecule has 0 aliphatic carbocycles. The zero-order chi connectivity index (χ0) is 10.3. The van der Waals surface area contributed by atoms with E-state index in [1.54, 1.807) is 11.9 Å². The molecule has 0 bridgehead atoms. The standard InChI is InChI=1S/C9H16N4O/c1-6-3-4-9(5-11-6)7(10)12-8(14)13(9)2/h6,11H,3-5H2,1-2H3,(H2,10,12,14). The lowest BCUT2D eigenvalue weighted by molar-refractivity contribution is 0.162. The zero-order valence-corrected chi connectivity index (χ0v) is 8.58. The van der Waals surface area contributed by atoms with Gasteiger partial charge in [0.1, 0.15) is 11.4 Å². The van der Waals surface area contributed by atoms with Crippen LogP contribution >= 0.6 is 0 Å². The van der Waals surface area contributed by atoms with E-state index in [2.05, 4.69) is 17.2 Å². The molecule has 5 nitrogen and oxygen atoms in total. The first-order valence-corrected chi connectivity index (χ1v) is 4.92. The van der Waals surface area contributed by atoms with Crippen LogP contribution in [0.15, 0.2) is 4.99 Å². The van der Waals surface area contributed by atoms with Gasteiger partial charge in [-0.1, -0.05) is 0 Å². The molecule has 2 aliphatic heterocycles. The Morgan fingerprint density at radius 1 is 1.71 bits per heavy atom. The number of piperidine rings is 1. The van der Waals surface area contributed by atoms with Gasteiger partial charge in [-0.25, -0.2) is 4.79 Å². The van der Waals surface area contributed by atoms with E-state index in [0.717, 1.165) is 12.8 Å². The molecule has 2 heterocycles. The van der Waals surface area contributed by atoms with Gasteiger partial charge in [-0.2, -0.15) is 4.99 Å². The van der Waals surface area contributed by atoms with Crippen LogP contribution < -0.4 is 11.1 Å². The summed E-state index contributed by atoms with van der Waals surface area (Å²) in [5.74, 6) is 0.462. The largest absolute Gasteiger partial charge is 0.385 e. The lowest BCUT2D eigenvalue weighted by Crippen LogP contribution is -2.62. The third kappa shape index (κ3) is 1.12. The minimum atomic E-state index is -0.358. The van der Waals surface area contributed by atoms with Gasteiger partial charge in [-0.05, 0) is 19.8 Å². The third-order valence-electron chi connectivity index (χ3n) is 3.36. The molecule has 2 atom stereocenters. The Labute approximate surface area is 83.4 Å². The summed E-state index contributed by atoms with van der Waals surface area (Å²) in [6.07, 6.45) is 1.92. The van der Waals surface area contributed by atoms with E-state index in [9.17, 15) is 4.79 Å². The fraction of sp³-hybridized carbons (Fsp3) is 0.778. The number of amidine groups is 1. The van der Waals surface area contributed by atoms with Gasteiger partial charge in [0, 0.05) is 19.6 Å². The minimum absolute atomic E-state index is 0.223. The Bertz CT molecular complexity index is 291. The number of carbonyl (C=O) groups is 1. The van der Waals surface area contributed by atoms with Crippen LogP contribution in [0.3, 0.4) is 0 Å². The number of nitrogens with zero attached hydrogens (tertiary/aromatic N) is 2. The van der Waals surface area contributed by atoms with Gasteiger partial charge in [-0.15, -0.1) is 0 Å². The van der Waals surface area contributed by atoms with Crippen molar-refractivity contribution in [2.24, 2.45) is 10.7 Å². The number of hydrogen-bond donors (Lipinski definition) is 2. The summed E-state index contributed by atoms with van der Waals surface area (Å²) in [6.45, 7) is 2.85. The maximum atomic E-state index is 11.4. The lowest BCUT2D eigenvalue weighted by Gasteiger charge is -2.41. The van der Waals surface area contributed by atoms with Gasteiger partial charge in [0.25, 0.3) is 0 Å². The highest BCUT2D eigenvalue weighted by Gasteiger charge is 2.47. The van der Waals surface area contributed by atoms with Crippen molar-refractivity contribution in [1.82, 2.24) is 10.2 Å². The van der Waals surface area contributed by atoms with Crippen LogP contribution in [0.2, 0.25) is 0 Å². The second-order valence-electron chi connectivity index (χ2n) is 4.19. The van der Waals surface area contributed by atoms with E-state index in [4.69, 9.17) is 5.73 Å². The lowest BCUT2D eigenvalue weighted by atomic mass is 9.86. The quantitative estimate of drug-likeness (QED) is 0.569. The topological polar surface area (TPSA) is 70.7 Å². The summed E-state index contributed by atoms with van der Waals surface area (Å²) in [6, 6.07) is 0.274. The molecule has 0 aromatic rings. The summed E-state index contributed by atoms with van der Waals surface area (Å²) in [5.41, 5.74) is 5.46. The van der Waals surface area contributed by atoms with Crippen molar-refractivity contribution in [3.05, 3.63) is 0 Å². The van der Waals surface area contributed by atoms with E-state index >= 15 is 0 Å². The second kappa shape index (κ2) is 2.95. The summed E-state index contributed by atoms with van der Waals surface area (Å²) < 4.78 is 0. The maximum absolute atomic E-state index is 11.4. The summed E-state index contributed by atoms with van der Waals surface area (Å²) in [4.78, 5) is 16.8. The van der Waals surface area contributed by atoms with Gasteiger partial charge in [-0.3, -0.25) is 0 Å². The number of amides is 2. The molecule has 0 aromatic heterocycles. The van der Waals surface area contributed by atoms with Crippen LogP contribution in [-0.2, 0) is 0 Å². The summed E-state index contributed by atoms with van der Waals surface area (Å²) in [7, 11) is 1.77. The smallest absolute Gasteiger partial charge is 0.345 e. The van der Waals surface area contributed by atoms with Crippen LogP contribution in [0, 0.1) is 0 Å². The highest BCUT2D eigenvalue weighted by atomic mass is 16.2. The van der Waals surface area contributed by atoms with E-state index in [-0.39, 0.29) is 11.6 Å². The highest BCUT2D eigenvalue weighted by Crippen LogP contribution is 2.29. The van der Waals surface area contributed by atoms with E-state index in [0.29, 0.717) is 18.4 Å². The molecule has 5 heteroatoms. The molecule has 78 valence electrons. The molecule has 1 fully saturated rings. The second-order valence-corrected chi connectivity index (χ2v) is 4.19. The van der Waals surface area contributed by atoms with Crippen molar-refractivity contribution in [2.45, 2.75) is 31.3 Å². The van der Waals surface area contributed by atoms with Gasteiger partial charge >= 0.3 is 6.03 Å². The van der Waals surface area contributed by atoms with E-state index in [1.807, 2.05) is 0 Å². The predicted octanol–water partition coefficient (Wildman–Crippen LogP) is -0.0803. The molecule has 0 radical (unpaired) electrons. The van der Waals surface area contributed by atoms with Gasteiger partial charge < -0.3 is 16.0 Å². The molecule has 1 spiro atoms. The number of aliphatic imine (C=N–C) groups is 1.